The van der Waals surface area contributed by atoms with Crippen molar-refractivity contribution >= 4 is 18.1 Å². The third kappa shape index (κ3) is 8.98. The van der Waals surface area contributed by atoms with Crippen LogP contribution in [0.25, 0.3) is 0 Å². The summed E-state index contributed by atoms with van der Waals surface area (Å²) in [6.45, 7) is 16.9. The van der Waals surface area contributed by atoms with Crippen LogP contribution in [0.1, 0.15) is 80.7 Å². The molecule has 3 amide bonds. The molecule has 1 aliphatic rings. The minimum atomic E-state index is -1.02. The first-order valence-electron chi connectivity index (χ1n) is 13.5. The van der Waals surface area contributed by atoms with Crippen molar-refractivity contribution in [3.63, 3.8) is 0 Å². The largest absolute Gasteiger partial charge is 0.444 e. The van der Waals surface area contributed by atoms with E-state index in [2.05, 4.69) is 0 Å². The number of nitrogens with two attached hydrogens (primary N) is 1. The van der Waals surface area contributed by atoms with E-state index in [1.807, 2.05) is 78.8 Å². The zero-order valence-corrected chi connectivity index (χ0v) is 24.5. The van der Waals surface area contributed by atoms with Gasteiger partial charge in [0, 0.05) is 0 Å². The summed E-state index contributed by atoms with van der Waals surface area (Å²) in [6, 6.07) is 7.93. The van der Waals surface area contributed by atoms with Gasteiger partial charge in [-0.25, -0.2) is 14.5 Å². The van der Waals surface area contributed by atoms with Gasteiger partial charge in [0.1, 0.15) is 17.9 Å². The summed E-state index contributed by atoms with van der Waals surface area (Å²) in [6.07, 6.45) is -0.945. The summed E-state index contributed by atoms with van der Waals surface area (Å²) in [5.41, 5.74) is 5.31. The average molecular weight is 534 g/mol. The molecule has 0 aliphatic carbocycles. The van der Waals surface area contributed by atoms with Gasteiger partial charge in [-0.15, -0.1) is 0 Å². The quantitative estimate of drug-likeness (QED) is 0.458. The summed E-state index contributed by atoms with van der Waals surface area (Å²) in [5, 5.41) is 0. The number of hydrogen-bond donors (Lipinski definition) is 1. The molecule has 1 saturated heterocycles. The molecule has 9 nitrogen and oxygen atoms in total. The van der Waals surface area contributed by atoms with E-state index in [1.165, 1.54) is 0 Å². The molecular weight excluding hydrogens is 486 g/mol. The van der Waals surface area contributed by atoms with Crippen LogP contribution in [-0.2, 0) is 25.6 Å². The molecule has 2 N–H and O–H groups in total. The highest BCUT2D eigenvalue weighted by molar-refractivity contribution is 5.95. The van der Waals surface area contributed by atoms with Crippen molar-refractivity contribution in [2.45, 2.75) is 111 Å². The monoisotopic (exact) mass is 533 g/mol. The maximum atomic E-state index is 13.5. The van der Waals surface area contributed by atoms with E-state index in [0.717, 1.165) is 10.5 Å². The predicted molar refractivity (Wildman–Crippen MR) is 146 cm³/mol. The lowest BCUT2D eigenvalue weighted by Crippen LogP contribution is -2.53. The number of nitrogens with zero attached hydrogens (tertiary/aromatic N) is 2. The Morgan fingerprint density at radius 3 is 2.21 bits per heavy atom. The number of ether oxygens (including phenoxy) is 3. The van der Waals surface area contributed by atoms with E-state index >= 15 is 0 Å². The third-order valence-corrected chi connectivity index (χ3v) is 6.18. The first kappa shape index (κ1) is 31.6. The average Bonchev–Trinajstić information content (AvgIpc) is 3.02. The van der Waals surface area contributed by atoms with Gasteiger partial charge in [-0.3, -0.25) is 9.69 Å². The summed E-state index contributed by atoms with van der Waals surface area (Å²) >= 11 is 0. The zero-order valence-electron chi connectivity index (χ0n) is 24.5. The molecule has 0 aromatic heterocycles. The van der Waals surface area contributed by atoms with Crippen LogP contribution in [0, 0.1) is 11.8 Å². The molecule has 38 heavy (non-hydrogen) atoms. The lowest BCUT2D eigenvalue weighted by Gasteiger charge is -2.36. The number of carbonyl (C=O) groups is 3. The van der Waals surface area contributed by atoms with Crippen molar-refractivity contribution in [3.05, 3.63) is 35.9 Å². The van der Waals surface area contributed by atoms with Gasteiger partial charge in [-0.1, -0.05) is 58.0 Å². The predicted octanol–water partition coefficient (Wildman–Crippen LogP) is 5.31. The molecule has 1 unspecified atom stereocenters. The molecule has 0 saturated carbocycles. The minimum Gasteiger partial charge on any atom is -0.444 e. The molecule has 1 fully saturated rings. The number of carbonyl (C=O) groups excluding carboxylic acids is 3. The minimum absolute atomic E-state index is 0.0132. The van der Waals surface area contributed by atoms with Crippen LogP contribution in [0.4, 0.5) is 9.59 Å². The molecule has 0 radical (unpaired) electrons. The standard InChI is InChI=1S/C29H47N3O6/c1-19(2)15-22(30)25(33)31(26(34)36-18-21-13-11-10-12-14-21)17-24-23(16-20(3)4)32(29(8,9)37-24)27(35)38-28(5,6)7/h10-14,19-20,22-24H,15-18,30H2,1-9H3/t22-,23-,24?/m0/s1. The molecule has 1 aromatic rings. The van der Waals surface area contributed by atoms with E-state index in [4.69, 9.17) is 19.9 Å². The molecule has 0 spiro atoms. The zero-order chi connectivity index (χ0) is 28.8. The van der Waals surface area contributed by atoms with E-state index in [-0.39, 0.29) is 25.0 Å². The SMILES string of the molecule is CC(C)C[C@H](N)C(=O)N(CC1OC(C)(C)N(C(=O)OC(C)(C)C)[C@H]1CC(C)C)C(=O)OCc1ccccc1. The van der Waals surface area contributed by atoms with Crippen molar-refractivity contribution in [2.75, 3.05) is 6.54 Å². The number of imide groups is 1. The van der Waals surface area contributed by atoms with Gasteiger partial charge in [0.05, 0.1) is 24.7 Å². The molecular formula is C29H47N3O6. The topological polar surface area (TPSA) is 111 Å². The van der Waals surface area contributed by atoms with Crippen molar-refractivity contribution in [1.29, 1.82) is 0 Å². The molecule has 3 atom stereocenters. The van der Waals surface area contributed by atoms with E-state index in [1.54, 1.807) is 18.7 Å². The normalized spacial score (nSPS) is 19.9. The molecule has 1 aliphatic heterocycles. The number of amides is 3. The Labute approximate surface area is 228 Å². The van der Waals surface area contributed by atoms with Crippen LogP contribution < -0.4 is 5.73 Å². The highest BCUT2D eigenvalue weighted by Gasteiger charge is 2.52. The van der Waals surface area contributed by atoms with Gasteiger partial charge in [-0.05, 0) is 64.9 Å². The Hall–Kier alpha value is -2.65. The van der Waals surface area contributed by atoms with Crippen LogP contribution in [0.15, 0.2) is 30.3 Å². The van der Waals surface area contributed by atoms with Gasteiger partial charge < -0.3 is 19.9 Å². The second-order valence-electron chi connectivity index (χ2n) is 12.4. The Morgan fingerprint density at radius 2 is 1.68 bits per heavy atom. The smallest absolute Gasteiger partial charge is 0.416 e. The van der Waals surface area contributed by atoms with Gasteiger partial charge in [0.15, 0.2) is 0 Å². The van der Waals surface area contributed by atoms with Gasteiger partial charge in [0.25, 0.3) is 0 Å². The van der Waals surface area contributed by atoms with Crippen LogP contribution >= 0.6 is 0 Å². The fraction of sp³-hybridized carbons (Fsp3) is 0.690. The van der Waals surface area contributed by atoms with Crippen LogP contribution in [0.2, 0.25) is 0 Å². The Morgan fingerprint density at radius 1 is 1.08 bits per heavy atom. The van der Waals surface area contributed by atoms with Crippen LogP contribution in [0.5, 0.6) is 0 Å². The highest BCUT2D eigenvalue weighted by Crippen LogP contribution is 2.37. The maximum Gasteiger partial charge on any atom is 0.416 e. The van der Waals surface area contributed by atoms with Crippen molar-refractivity contribution in [2.24, 2.45) is 17.6 Å². The first-order valence-corrected chi connectivity index (χ1v) is 13.5. The molecule has 1 aromatic carbocycles. The number of rotatable bonds is 9. The molecule has 1 heterocycles. The second-order valence-corrected chi connectivity index (χ2v) is 12.4. The summed E-state index contributed by atoms with van der Waals surface area (Å²) < 4.78 is 17.6. The fourth-order valence-corrected chi connectivity index (χ4v) is 4.68. The van der Waals surface area contributed by atoms with E-state index < -0.39 is 47.6 Å². The lowest BCUT2D eigenvalue weighted by molar-refractivity contribution is -0.134. The molecule has 2 rings (SSSR count). The lowest BCUT2D eigenvalue weighted by atomic mass is 9.97. The molecule has 0 bridgehead atoms. The van der Waals surface area contributed by atoms with Crippen molar-refractivity contribution in [1.82, 2.24) is 9.80 Å². The second kappa shape index (κ2) is 12.9. The van der Waals surface area contributed by atoms with Crippen LogP contribution in [-0.4, -0.2) is 64.0 Å². The Bertz CT molecular complexity index is 941. The van der Waals surface area contributed by atoms with E-state index in [0.29, 0.717) is 12.8 Å². The van der Waals surface area contributed by atoms with Gasteiger partial charge in [0.2, 0.25) is 5.91 Å². The van der Waals surface area contributed by atoms with Crippen molar-refractivity contribution in [3.8, 4) is 0 Å². The molecule has 9 heteroatoms. The van der Waals surface area contributed by atoms with E-state index in [9.17, 15) is 14.4 Å². The van der Waals surface area contributed by atoms with Gasteiger partial charge >= 0.3 is 12.2 Å². The summed E-state index contributed by atoms with van der Waals surface area (Å²) in [5.74, 6) is -0.159. The Kier molecular flexibility index (Phi) is 10.7. The van der Waals surface area contributed by atoms with Crippen LogP contribution in [0.3, 0.4) is 0 Å². The summed E-state index contributed by atoms with van der Waals surface area (Å²) in [7, 11) is 0. The number of benzene rings is 1. The third-order valence-electron chi connectivity index (χ3n) is 6.18. The fourth-order valence-electron chi connectivity index (χ4n) is 4.68. The maximum absolute atomic E-state index is 13.5. The van der Waals surface area contributed by atoms with Crippen molar-refractivity contribution < 1.29 is 28.6 Å². The number of hydrogen-bond acceptors (Lipinski definition) is 7. The molecule has 214 valence electrons. The highest BCUT2D eigenvalue weighted by atomic mass is 16.6. The Balaban J connectivity index is 2.36. The summed E-state index contributed by atoms with van der Waals surface area (Å²) in [4.78, 5) is 42.7. The first-order chi connectivity index (χ1) is 17.5. The van der Waals surface area contributed by atoms with Gasteiger partial charge in [-0.2, -0.15) is 0 Å².